The highest BCUT2D eigenvalue weighted by Gasteiger charge is 2.50. The van der Waals surface area contributed by atoms with Crippen molar-refractivity contribution in [2.75, 3.05) is 16.9 Å². The summed E-state index contributed by atoms with van der Waals surface area (Å²) in [7, 11) is 0. The average Bonchev–Trinajstić information content (AvgIpc) is 2.45. The van der Waals surface area contributed by atoms with E-state index in [1.807, 2.05) is 0 Å². The minimum absolute atomic E-state index is 0.138. The smallest absolute Gasteiger partial charge is 0.423 e. The second-order valence-corrected chi connectivity index (χ2v) is 4.49. The SMILES string of the molecule is C#CCN1C(=O)C(F)(F)Oc2cc(F)c(N/N=C/C(C)=O)cc21. The summed E-state index contributed by atoms with van der Waals surface area (Å²) in [5, 5.41) is 3.47. The molecule has 6 nitrogen and oxygen atoms in total. The van der Waals surface area contributed by atoms with Crippen LogP contribution < -0.4 is 15.1 Å². The Bertz CT molecular complexity index is 741. The number of amides is 1. The van der Waals surface area contributed by atoms with Crippen LogP contribution in [-0.4, -0.2) is 30.6 Å². The van der Waals surface area contributed by atoms with Crippen molar-refractivity contribution < 1.29 is 27.5 Å². The number of hydrogen-bond acceptors (Lipinski definition) is 5. The summed E-state index contributed by atoms with van der Waals surface area (Å²) in [6.07, 6.45) is 1.82. The maximum absolute atomic E-state index is 13.9. The number of Topliss-reactive ketones (excluding diaryl/α,β-unsaturated/α-hetero) is 1. The van der Waals surface area contributed by atoms with Crippen LogP contribution in [0.15, 0.2) is 17.2 Å². The number of carbonyl (C=O) groups excluding carboxylic acids is 2. The maximum Gasteiger partial charge on any atom is 0.483 e. The van der Waals surface area contributed by atoms with Crippen LogP contribution >= 0.6 is 0 Å². The molecular formula is C14H10F3N3O3. The van der Waals surface area contributed by atoms with Crippen LogP contribution in [0.1, 0.15) is 6.92 Å². The van der Waals surface area contributed by atoms with E-state index in [2.05, 4.69) is 21.2 Å². The van der Waals surface area contributed by atoms with Gasteiger partial charge in [-0.1, -0.05) is 5.92 Å². The zero-order valence-electron chi connectivity index (χ0n) is 11.8. The number of rotatable bonds is 4. The molecule has 1 aromatic rings. The lowest BCUT2D eigenvalue weighted by Crippen LogP contribution is -2.51. The summed E-state index contributed by atoms with van der Waals surface area (Å²) in [5.74, 6) is -1.48. The Labute approximate surface area is 128 Å². The summed E-state index contributed by atoms with van der Waals surface area (Å²) >= 11 is 0. The minimum atomic E-state index is -4.14. The van der Waals surface area contributed by atoms with Gasteiger partial charge in [-0.3, -0.25) is 19.9 Å². The molecule has 0 radical (unpaired) electrons. The maximum atomic E-state index is 13.9. The Balaban J connectivity index is 2.46. The molecule has 0 aliphatic carbocycles. The first-order valence-corrected chi connectivity index (χ1v) is 6.21. The zero-order chi connectivity index (χ0) is 17.2. The van der Waals surface area contributed by atoms with Crippen molar-refractivity contribution in [1.82, 2.24) is 0 Å². The van der Waals surface area contributed by atoms with Gasteiger partial charge in [-0.05, 0) is 6.07 Å². The van der Waals surface area contributed by atoms with E-state index in [0.29, 0.717) is 11.0 Å². The van der Waals surface area contributed by atoms with Gasteiger partial charge in [-0.2, -0.15) is 13.9 Å². The first-order chi connectivity index (χ1) is 10.8. The van der Waals surface area contributed by atoms with E-state index >= 15 is 0 Å². The van der Waals surface area contributed by atoms with Crippen LogP contribution in [0.2, 0.25) is 0 Å². The molecule has 120 valence electrons. The lowest BCUT2D eigenvalue weighted by atomic mass is 10.2. The third-order valence-electron chi connectivity index (χ3n) is 2.75. The third kappa shape index (κ3) is 3.26. The average molecular weight is 325 g/mol. The molecule has 0 atom stereocenters. The van der Waals surface area contributed by atoms with Gasteiger partial charge in [0.2, 0.25) is 0 Å². The van der Waals surface area contributed by atoms with E-state index in [0.717, 1.165) is 12.3 Å². The molecular weight excluding hydrogens is 315 g/mol. The molecule has 0 spiro atoms. The number of fused-ring (bicyclic) bond motifs is 1. The van der Waals surface area contributed by atoms with Crippen LogP contribution in [0, 0.1) is 18.2 Å². The summed E-state index contributed by atoms with van der Waals surface area (Å²) < 4.78 is 45.1. The number of hydrazone groups is 1. The first kappa shape index (κ1) is 16.4. The fourth-order valence-corrected chi connectivity index (χ4v) is 1.81. The second kappa shape index (κ2) is 6.00. The van der Waals surface area contributed by atoms with Crippen molar-refractivity contribution in [3.8, 4) is 18.1 Å². The molecule has 0 fully saturated rings. The van der Waals surface area contributed by atoms with E-state index < -0.39 is 30.1 Å². The van der Waals surface area contributed by atoms with Gasteiger partial charge in [-0.15, -0.1) is 6.42 Å². The highest BCUT2D eigenvalue weighted by molar-refractivity contribution is 6.26. The van der Waals surface area contributed by atoms with Gasteiger partial charge in [0.05, 0.1) is 24.1 Å². The van der Waals surface area contributed by atoms with Crippen LogP contribution in [-0.2, 0) is 9.59 Å². The molecule has 0 saturated carbocycles. The van der Waals surface area contributed by atoms with Gasteiger partial charge in [0.15, 0.2) is 17.3 Å². The standard InChI is InChI=1S/C14H10F3N3O3/c1-3-4-20-11-6-10(19-18-7-8(2)21)9(15)5-12(11)23-14(16,17)13(20)22/h1,5-7,19H,4H2,2H3/b18-7+. The van der Waals surface area contributed by atoms with E-state index in [-0.39, 0.29) is 17.2 Å². The topological polar surface area (TPSA) is 71.0 Å². The predicted molar refractivity (Wildman–Crippen MR) is 76.0 cm³/mol. The molecule has 0 unspecified atom stereocenters. The lowest BCUT2D eigenvalue weighted by molar-refractivity contribution is -0.192. The number of halogens is 3. The number of anilines is 2. The summed E-state index contributed by atoms with van der Waals surface area (Å²) in [4.78, 5) is 23.0. The van der Waals surface area contributed by atoms with Crippen LogP contribution in [0.5, 0.6) is 5.75 Å². The number of carbonyl (C=O) groups is 2. The van der Waals surface area contributed by atoms with Gasteiger partial charge in [0.25, 0.3) is 0 Å². The number of terminal acetylenes is 1. The van der Waals surface area contributed by atoms with Crippen molar-refractivity contribution >= 4 is 29.3 Å². The molecule has 1 heterocycles. The Hall–Kier alpha value is -3.02. The number of benzene rings is 1. The van der Waals surface area contributed by atoms with E-state index in [1.54, 1.807) is 0 Å². The lowest BCUT2D eigenvalue weighted by Gasteiger charge is -2.32. The van der Waals surface area contributed by atoms with Crippen molar-refractivity contribution in [2.45, 2.75) is 13.0 Å². The summed E-state index contributed by atoms with van der Waals surface area (Å²) in [6, 6.07) is 1.71. The third-order valence-corrected chi connectivity index (χ3v) is 2.75. The first-order valence-electron chi connectivity index (χ1n) is 6.21. The van der Waals surface area contributed by atoms with Crippen LogP contribution in [0.4, 0.5) is 24.5 Å². The van der Waals surface area contributed by atoms with E-state index in [1.165, 1.54) is 6.92 Å². The van der Waals surface area contributed by atoms with Crippen molar-refractivity contribution in [3.05, 3.63) is 17.9 Å². The number of ether oxygens (including phenoxy) is 1. The van der Waals surface area contributed by atoms with Crippen LogP contribution in [0.25, 0.3) is 0 Å². The molecule has 0 bridgehead atoms. The number of ketones is 1. The highest BCUT2D eigenvalue weighted by atomic mass is 19.3. The quantitative estimate of drug-likeness (QED) is 0.520. The number of hydrogen-bond donors (Lipinski definition) is 1. The summed E-state index contributed by atoms with van der Waals surface area (Å²) in [6.45, 7) is 0.782. The largest absolute Gasteiger partial charge is 0.483 e. The van der Waals surface area contributed by atoms with Crippen molar-refractivity contribution in [2.24, 2.45) is 5.10 Å². The number of alkyl halides is 2. The minimum Gasteiger partial charge on any atom is -0.423 e. The fourth-order valence-electron chi connectivity index (χ4n) is 1.81. The molecule has 2 rings (SSSR count). The Kier molecular flexibility index (Phi) is 4.27. The second-order valence-electron chi connectivity index (χ2n) is 4.49. The number of nitrogens with zero attached hydrogens (tertiary/aromatic N) is 2. The Morgan fingerprint density at radius 2 is 2.26 bits per heavy atom. The van der Waals surface area contributed by atoms with Gasteiger partial charge in [-0.25, -0.2) is 4.39 Å². The van der Waals surface area contributed by atoms with Crippen molar-refractivity contribution in [3.63, 3.8) is 0 Å². The van der Waals surface area contributed by atoms with E-state index in [4.69, 9.17) is 6.42 Å². The normalized spacial score (nSPS) is 15.8. The molecule has 0 aromatic heterocycles. The fraction of sp³-hybridized carbons (Fsp3) is 0.214. The van der Waals surface area contributed by atoms with E-state index in [9.17, 15) is 22.8 Å². The molecule has 1 aliphatic rings. The molecule has 1 aromatic carbocycles. The molecule has 9 heteroatoms. The van der Waals surface area contributed by atoms with Crippen molar-refractivity contribution in [1.29, 1.82) is 0 Å². The molecule has 0 saturated heterocycles. The molecule has 23 heavy (non-hydrogen) atoms. The molecule has 1 N–H and O–H groups in total. The summed E-state index contributed by atoms with van der Waals surface area (Å²) in [5.41, 5.74) is 1.85. The highest BCUT2D eigenvalue weighted by Crippen LogP contribution is 2.41. The predicted octanol–water partition coefficient (Wildman–Crippen LogP) is 1.76. The monoisotopic (exact) mass is 325 g/mol. The Morgan fingerprint density at radius 3 is 2.87 bits per heavy atom. The van der Waals surface area contributed by atoms with Gasteiger partial charge < -0.3 is 4.74 Å². The van der Waals surface area contributed by atoms with Crippen LogP contribution in [0.3, 0.4) is 0 Å². The van der Waals surface area contributed by atoms with Gasteiger partial charge in [0.1, 0.15) is 0 Å². The number of nitrogens with one attached hydrogen (secondary N) is 1. The Morgan fingerprint density at radius 1 is 1.57 bits per heavy atom. The zero-order valence-corrected chi connectivity index (χ0v) is 11.8. The molecule has 1 aliphatic heterocycles. The molecule has 1 amide bonds. The van der Waals surface area contributed by atoms with Gasteiger partial charge >= 0.3 is 12.0 Å². The van der Waals surface area contributed by atoms with Gasteiger partial charge in [0, 0.05) is 13.0 Å².